The number of fused-ring (bicyclic) bond motifs is 1. The normalized spacial score (nSPS) is 27.6. The van der Waals surface area contributed by atoms with Crippen molar-refractivity contribution in [1.29, 1.82) is 0 Å². The van der Waals surface area contributed by atoms with E-state index in [0.29, 0.717) is 5.92 Å². The molecule has 3 atom stereocenters. The number of methoxy groups -OCH3 is 2. The van der Waals surface area contributed by atoms with Gasteiger partial charge in [0.2, 0.25) is 0 Å². The van der Waals surface area contributed by atoms with Crippen molar-refractivity contribution in [1.82, 2.24) is 9.88 Å². The summed E-state index contributed by atoms with van der Waals surface area (Å²) in [4.78, 5) is 6.97. The number of nitrogens with zero attached hydrogens (tertiary/aromatic N) is 2. The van der Waals surface area contributed by atoms with E-state index < -0.39 is 5.60 Å². The maximum Gasteiger partial charge on any atom is 0.123 e. The molecule has 144 valence electrons. The van der Waals surface area contributed by atoms with Crippen LogP contribution in [-0.4, -0.2) is 42.3 Å². The Hall–Kier alpha value is -2.11. The van der Waals surface area contributed by atoms with Crippen molar-refractivity contribution in [2.24, 2.45) is 11.8 Å². The highest BCUT2D eigenvalue weighted by atomic mass is 16.5. The summed E-state index contributed by atoms with van der Waals surface area (Å²) in [5, 5.41) is 11.5. The molecule has 0 radical (unpaired) electrons. The molecule has 2 aliphatic rings. The zero-order chi connectivity index (χ0) is 19.0. The van der Waals surface area contributed by atoms with Gasteiger partial charge in [0.05, 0.1) is 19.9 Å². The van der Waals surface area contributed by atoms with Gasteiger partial charge in [-0.25, -0.2) is 0 Å². The molecule has 2 heterocycles. The summed E-state index contributed by atoms with van der Waals surface area (Å²) in [6, 6.07) is 9.90. The van der Waals surface area contributed by atoms with E-state index in [0.717, 1.165) is 60.8 Å². The van der Waals surface area contributed by atoms with E-state index in [1.807, 2.05) is 37.3 Å². The number of aliphatic hydroxyl groups is 1. The lowest BCUT2D eigenvalue weighted by Gasteiger charge is -2.31. The first-order valence-corrected chi connectivity index (χ1v) is 9.63. The molecule has 27 heavy (non-hydrogen) atoms. The summed E-state index contributed by atoms with van der Waals surface area (Å²) >= 11 is 0. The first-order chi connectivity index (χ1) is 13.0. The van der Waals surface area contributed by atoms with Crippen molar-refractivity contribution in [2.45, 2.75) is 31.9 Å². The van der Waals surface area contributed by atoms with Crippen LogP contribution < -0.4 is 9.47 Å². The predicted molar refractivity (Wildman–Crippen MR) is 104 cm³/mol. The van der Waals surface area contributed by atoms with Gasteiger partial charge in [-0.05, 0) is 55.5 Å². The van der Waals surface area contributed by atoms with Crippen LogP contribution in [0.15, 0.2) is 36.5 Å². The van der Waals surface area contributed by atoms with Crippen molar-refractivity contribution < 1.29 is 14.6 Å². The van der Waals surface area contributed by atoms with Crippen LogP contribution in [0.4, 0.5) is 0 Å². The lowest BCUT2D eigenvalue weighted by molar-refractivity contribution is -0.0114. The molecule has 0 unspecified atom stereocenters. The minimum Gasteiger partial charge on any atom is -0.497 e. The molecule has 1 saturated heterocycles. The van der Waals surface area contributed by atoms with E-state index in [9.17, 15) is 5.11 Å². The number of hydrogen-bond acceptors (Lipinski definition) is 5. The number of rotatable bonds is 5. The molecule has 1 saturated carbocycles. The minimum absolute atomic E-state index is 0.225. The highest BCUT2D eigenvalue weighted by molar-refractivity contribution is 5.40. The Morgan fingerprint density at radius 2 is 2.07 bits per heavy atom. The first-order valence-electron chi connectivity index (χ1n) is 9.63. The van der Waals surface area contributed by atoms with Gasteiger partial charge in [0.15, 0.2) is 0 Å². The van der Waals surface area contributed by atoms with Gasteiger partial charge in [-0.2, -0.15) is 0 Å². The monoisotopic (exact) mass is 368 g/mol. The van der Waals surface area contributed by atoms with E-state index >= 15 is 0 Å². The topological polar surface area (TPSA) is 54.8 Å². The van der Waals surface area contributed by atoms with Gasteiger partial charge in [0, 0.05) is 37.3 Å². The van der Waals surface area contributed by atoms with Crippen LogP contribution in [0.5, 0.6) is 11.5 Å². The molecule has 1 aliphatic heterocycles. The number of hydrogen-bond donors (Lipinski definition) is 1. The van der Waals surface area contributed by atoms with Gasteiger partial charge in [-0.1, -0.05) is 6.07 Å². The largest absolute Gasteiger partial charge is 0.497 e. The molecule has 0 spiro atoms. The van der Waals surface area contributed by atoms with Crippen LogP contribution in [0.2, 0.25) is 0 Å². The standard InChI is InChI=1S/C22H28N2O3/c1-15-5-4-10-23-21(15)22(25)9-8-16-12-24(14-19(16)22)13-17-11-18(26-2)6-7-20(17)27-3/h4-7,10-11,16,19,25H,8-9,12-14H2,1-3H3/t16-,19+,22-/m0/s1. The van der Waals surface area contributed by atoms with Crippen LogP contribution in [0.3, 0.4) is 0 Å². The van der Waals surface area contributed by atoms with Crippen molar-refractivity contribution in [3.05, 3.63) is 53.3 Å². The van der Waals surface area contributed by atoms with Crippen molar-refractivity contribution in [3.8, 4) is 11.5 Å². The molecule has 4 rings (SSSR count). The van der Waals surface area contributed by atoms with Gasteiger partial charge < -0.3 is 14.6 Å². The molecule has 2 fully saturated rings. The fraction of sp³-hybridized carbons (Fsp3) is 0.500. The van der Waals surface area contributed by atoms with Crippen LogP contribution in [0.1, 0.15) is 29.7 Å². The number of aryl methyl sites for hydroxylation is 1. The van der Waals surface area contributed by atoms with E-state index in [2.05, 4.69) is 9.88 Å². The van der Waals surface area contributed by atoms with Gasteiger partial charge in [-0.3, -0.25) is 9.88 Å². The van der Waals surface area contributed by atoms with Gasteiger partial charge in [0.1, 0.15) is 17.1 Å². The smallest absolute Gasteiger partial charge is 0.123 e. The lowest BCUT2D eigenvalue weighted by atomic mass is 9.83. The summed E-state index contributed by atoms with van der Waals surface area (Å²) in [6.45, 7) is 4.71. The Labute approximate surface area is 160 Å². The second kappa shape index (κ2) is 7.13. The quantitative estimate of drug-likeness (QED) is 0.879. The SMILES string of the molecule is COc1ccc(OC)c(CN2C[C@@H]3CC[C@@](O)(c4ncccc4C)[C@@H]3C2)c1. The average molecular weight is 368 g/mol. The fourth-order valence-corrected chi connectivity index (χ4v) is 4.99. The Kier molecular flexibility index (Phi) is 4.82. The van der Waals surface area contributed by atoms with Crippen LogP contribution in [0, 0.1) is 18.8 Å². The molecule has 1 aromatic heterocycles. The number of ether oxygens (including phenoxy) is 2. The number of aromatic nitrogens is 1. The van der Waals surface area contributed by atoms with Gasteiger partial charge in [0.25, 0.3) is 0 Å². The molecule has 5 nitrogen and oxygen atoms in total. The zero-order valence-electron chi connectivity index (χ0n) is 16.3. The summed E-state index contributed by atoms with van der Waals surface area (Å²) in [7, 11) is 3.38. The number of pyridine rings is 1. The summed E-state index contributed by atoms with van der Waals surface area (Å²) < 4.78 is 10.9. The molecule has 1 N–H and O–H groups in total. The van der Waals surface area contributed by atoms with Crippen molar-refractivity contribution >= 4 is 0 Å². The molecule has 1 aromatic carbocycles. The molecule has 5 heteroatoms. The van der Waals surface area contributed by atoms with E-state index in [1.54, 1.807) is 20.4 Å². The molecular formula is C22H28N2O3. The van der Waals surface area contributed by atoms with Gasteiger partial charge >= 0.3 is 0 Å². The highest BCUT2D eigenvalue weighted by Gasteiger charge is 2.53. The molecule has 2 aromatic rings. The van der Waals surface area contributed by atoms with E-state index in [-0.39, 0.29) is 5.92 Å². The third-order valence-electron chi connectivity index (χ3n) is 6.33. The summed E-state index contributed by atoms with van der Waals surface area (Å²) in [5.74, 6) is 2.45. The van der Waals surface area contributed by atoms with Crippen LogP contribution >= 0.6 is 0 Å². The van der Waals surface area contributed by atoms with Crippen molar-refractivity contribution in [3.63, 3.8) is 0 Å². The molecule has 0 bridgehead atoms. The summed E-state index contributed by atoms with van der Waals surface area (Å²) in [6.07, 6.45) is 3.64. The highest BCUT2D eigenvalue weighted by Crippen LogP contribution is 2.50. The maximum absolute atomic E-state index is 11.5. The van der Waals surface area contributed by atoms with E-state index in [1.165, 1.54) is 0 Å². The fourth-order valence-electron chi connectivity index (χ4n) is 4.99. The average Bonchev–Trinajstić information content (AvgIpc) is 3.22. The molecular weight excluding hydrogens is 340 g/mol. The molecule has 0 amide bonds. The lowest BCUT2D eigenvalue weighted by Crippen LogP contribution is -2.36. The zero-order valence-corrected chi connectivity index (χ0v) is 16.3. The first kappa shape index (κ1) is 18.3. The maximum atomic E-state index is 11.5. The molecule has 1 aliphatic carbocycles. The minimum atomic E-state index is -0.816. The second-order valence-electron chi connectivity index (χ2n) is 7.87. The third kappa shape index (κ3) is 3.19. The Morgan fingerprint density at radius 1 is 1.22 bits per heavy atom. The second-order valence-corrected chi connectivity index (χ2v) is 7.87. The Morgan fingerprint density at radius 3 is 2.81 bits per heavy atom. The Balaban J connectivity index is 1.55. The number of likely N-dealkylation sites (tertiary alicyclic amines) is 1. The number of benzene rings is 1. The van der Waals surface area contributed by atoms with Crippen LogP contribution in [0.25, 0.3) is 0 Å². The summed E-state index contributed by atoms with van der Waals surface area (Å²) in [5.41, 5.74) is 2.24. The van der Waals surface area contributed by atoms with Gasteiger partial charge in [-0.15, -0.1) is 0 Å². The Bertz CT molecular complexity index is 825. The predicted octanol–water partition coefficient (Wildman–Crippen LogP) is 3.14. The van der Waals surface area contributed by atoms with Crippen molar-refractivity contribution in [2.75, 3.05) is 27.3 Å². The van der Waals surface area contributed by atoms with Crippen LogP contribution in [-0.2, 0) is 12.1 Å². The third-order valence-corrected chi connectivity index (χ3v) is 6.33. The van der Waals surface area contributed by atoms with E-state index in [4.69, 9.17) is 9.47 Å².